The van der Waals surface area contributed by atoms with Crippen LogP contribution in [-0.2, 0) is 16.1 Å². The zero-order chi connectivity index (χ0) is 18.1. The molecule has 140 valence electrons. The lowest BCUT2D eigenvalue weighted by molar-refractivity contribution is -0.145. The van der Waals surface area contributed by atoms with Gasteiger partial charge in [-0.2, -0.15) is 0 Å². The van der Waals surface area contributed by atoms with E-state index in [1.807, 2.05) is 23.1 Å². The van der Waals surface area contributed by atoms with Crippen molar-refractivity contribution in [1.29, 1.82) is 0 Å². The fourth-order valence-corrected chi connectivity index (χ4v) is 4.54. The lowest BCUT2D eigenvalue weighted by Crippen LogP contribution is -2.65. The zero-order valence-corrected chi connectivity index (χ0v) is 14.9. The number of carbonyl (C=O) groups is 2. The Hall–Kier alpha value is -1.92. The Kier molecular flexibility index (Phi) is 4.71. The fourth-order valence-electron chi connectivity index (χ4n) is 4.54. The van der Waals surface area contributed by atoms with Gasteiger partial charge in [-0.05, 0) is 43.4 Å². The molecule has 1 aliphatic carbocycles. The van der Waals surface area contributed by atoms with Crippen molar-refractivity contribution in [3.05, 3.63) is 35.4 Å². The Balaban J connectivity index is 1.42. The molecule has 3 fully saturated rings. The number of benzene rings is 1. The van der Waals surface area contributed by atoms with E-state index in [-0.39, 0.29) is 29.4 Å². The quantitative estimate of drug-likeness (QED) is 0.854. The van der Waals surface area contributed by atoms with E-state index in [0.29, 0.717) is 38.2 Å². The number of aliphatic hydroxyl groups excluding tert-OH is 1. The fraction of sp³-hybridized carbons (Fsp3) is 0.600. The molecule has 2 aliphatic heterocycles. The second-order valence-electron chi connectivity index (χ2n) is 7.74. The van der Waals surface area contributed by atoms with Crippen LogP contribution < -0.4 is 5.32 Å². The van der Waals surface area contributed by atoms with Crippen LogP contribution in [-0.4, -0.2) is 53.7 Å². The van der Waals surface area contributed by atoms with E-state index in [9.17, 15) is 14.7 Å². The van der Waals surface area contributed by atoms with Crippen LogP contribution in [0, 0.1) is 5.41 Å². The first-order valence-corrected chi connectivity index (χ1v) is 9.52. The van der Waals surface area contributed by atoms with Crippen molar-refractivity contribution in [3.63, 3.8) is 0 Å². The largest absolute Gasteiger partial charge is 0.392 e. The summed E-state index contributed by atoms with van der Waals surface area (Å²) in [5, 5.41) is 13.4. The van der Waals surface area contributed by atoms with Gasteiger partial charge in [-0.15, -0.1) is 0 Å². The molecule has 4 rings (SSSR count). The Morgan fingerprint density at radius 1 is 1.35 bits per heavy atom. The predicted molar refractivity (Wildman–Crippen MR) is 95.5 cm³/mol. The van der Waals surface area contributed by atoms with Gasteiger partial charge in [0.05, 0.1) is 6.10 Å². The average molecular weight is 358 g/mol. The average Bonchev–Trinajstić information content (AvgIpc) is 3.07. The standard InChI is InChI=1S/C20H26N2O4/c23-17-12-16(20(17)6-9-26-10-7-20)21-19(25)15-4-1-3-14(11-15)13-22-8-2-5-18(22)24/h1,3-4,11,16-17,23H,2,5-10,12-13H2,(H,21,25)/t16-,17-/m1/s1. The maximum atomic E-state index is 12.7. The molecular weight excluding hydrogens is 332 g/mol. The van der Waals surface area contributed by atoms with Crippen molar-refractivity contribution in [3.8, 4) is 0 Å². The number of nitrogens with zero attached hydrogens (tertiary/aromatic N) is 1. The summed E-state index contributed by atoms with van der Waals surface area (Å²) in [5.41, 5.74) is 1.35. The summed E-state index contributed by atoms with van der Waals surface area (Å²) in [6, 6.07) is 7.49. The van der Waals surface area contributed by atoms with Gasteiger partial charge in [-0.1, -0.05) is 12.1 Å². The number of rotatable bonds is 4. The van der Waals surface area contributed by atoms with Gasteiger partial charge in [0.2, 0.25) is 5.91 Å². The number of amides is 2. The summed E-state index contributed by atoms with van der Waals surface area (Å²) in [6.07, 6.45) is 3.36. The first-order valence-electron chi connectivity index (χ1n) is 9.52. The number of likely N-dealkylation sites (tertiary alicyclic amines) is 1. The van der Waals surface area contributed by atoms with E-state index >= 15 is 0 Å². The molecule has 0 bridgehead atoms. The molecule has 1 spiro atoms. The molecule has 6 heteroatoms. The molecule has 0 aromatic heterocycles. The third-order valence-corrected chi connectivity index (χ3v) is 6.28. The van der Waals surface area contributed by atoms with E-state index < -0.39 is 0 Å². The van der Waals surface area contributed by atoms with Crippen molar-refractivity contribution in [2.45, 2.75) is 50.8 Å². The highest BCUT2D eigenvalue weighted by Gasteiger charge is 2.55. The van der Waals surface area contributed by atoms with Crippen LogP contribution in [0.1, 0.15) is 48.0 Å². The second-order valence-corrected chi connectivity index (χ2v) is 7.74. The van der Waals surface area contributed by atoms with E-state index in [0.717, 1.165) is 31.4 Å². The number of hydrogen-bond acceptors (Lipinski definition) is 4. The topological polar surface area (TPSA) is 78.9 Å². The summed E-state index contributed by atoms with van der Waals surface area (Å²) >= 11 is 0. The van der Waals surface area contributed by atoms with Gasteiger partial charge >= 0.3 is 0 Å². The molecule has 0 unspecified atom stereocenters. The molecule has 1 saturated carbocycles. The van der Waals surface area contributed by atoms with Crippen LogP contribution >= 0.6 is 0 Å². The highest BCUT2D eigenvalue weighted by atomic mass is 16.5. The number of carbonyl (C=O) groups excluding carboxylic acids is 2. The Labute approximate surface area is 153 Å². The van der Waals surface area contributed by atoms with Gasteiger partial charge < -0.3 is 20.1 Å². The van der Waals surface area contributed by atoms with Crippen molar-refractivity contribution in [2.24, 2.45) is 5.41 Å². The lowest BCUT2D eigenvalue weighted by atomic mass is 9.58. The minimum absolute atomic E-state index is 0.00211. The molecule has 2 heterocycles. The normalized spacial score (nSPS) is 27.4. The molecular formula is C20H26N2O4. The SMILES string of the molecule is O=C(N[C@@H]1C[C@@H](O)C12CCOCC2)c1cccc(CN2CCCC2=O)c1. The van der Waals surface area contributed by atoms with Crippen LogP contribution in [0.3, 0.4) is 0 Å². The number of aliphatic hydroxyl groups is 1. The van der Waals surface area contributed by atoms with Crippen molar-refractivity contribution in [2.75, 3.05) is 19.8 Å². The van der Waals surface area contributed by atoms with Gasteiger partial charge in [0.15, 0.2) is 0 Å². The molecule has 2 amide bonds. The molecule has 26 heavy (non-hydrogen) atoms. The van der Waals surface area contributed by atoms with E-state index in [2.05, 4.69) is 5.32 Å². The van der Waals surface area contributed by atoms with Gasteiger partial charge in [-0.3, -0.25) is 9.59 Å². The highest BCUT2D eigenvalue weighted by molar-refractivity contribution is 5.94. The van der Waals surface area contributed by atoms with E-state index in [4.69, 9.17) is 4.74 Å². The molecule has 2 saturated heterocycles. The van der Waals surface area contributed by atoms with Gasteiger partial charge in [0.1, 0.15) is 0 Å². The first-order chi connectivity index (χ1) is 12.6. The molecule has 1 aromatic rings. The molecule has 6 nitrogen and oxygen atoms in total. The first kappa shape index (κ1) is 17.5. The third-order valence-electron chi connectivity index (χ3n) is 6.28. The maximum absolute atomic E-state index is 12.7. The Bertz CT molecular complexity index is 699. The molecule has 3 aliphatic rings. The summed E-state index contributed by atoms with van der Waals surface area (Å²) in [7, 11) is 0. The number of ether oxygens (including phenoxy) is 1. The lowest BCUT2D eigenvalue weighted by Gasteiger charge is -2.55. The Morgan fingerprint density at radius 2 is 2.15 bits per heavy atom. The molecule has 0 radical (unpaired) electrons. The molecule has 2 N–H and O–H groups in total. The van der Waals surface area contributed by atoms with Crippen molar-refractivity contribution < 1.29 is 19.4 Å². The van der Waals surface area contributed by atoms with Crippen LogP contribution in [0.25, 0.3) is 0 Å². The van der Waals surface area contributed by atoms with E-state index in [1.165, 1.54) is 0 Å². The monoisotopic (exact) mass is 358 g/mol. The summed E-state index contributed by atoms with van der Waals surface area (Å²) in [4.78, 5) is 26.4. The predicted octanol–water partition coefficient (Wildman–Crippen LogP) is 1.47. The number of hydrogen-bond donors (Lipinski definition) is 2. The third kappa shape index (κ3) is 3.12. The zero-order valence-electron chi connectivity index (χ0n) is 14.9. The second kappa shape index (κ2) is 7.00. The summed E-state index contributed by atoms with van der Waals surface area (Å²) in [6.45, 7) is 2.63. The van der Waals surface area contributed by atoms with Crippen LogP contribution in [0.15, 0.2) is 24.3 Å². The smallest absolute Gasteiger partial charge is 0.251 e. The van der Waals surface area contributed by atoms with Crippen LogP contribution in [0.4, 0.5) is 0 Å². The van der Waals surface area contributed by atoms with Crippen LogP contribution in [0.2, 0.25) is 0 Å². The van der Waals surface area contributed by atoms with Crippen molar-refractivity contribution >= 4 is 11.8 Å². The molecule has 1 aromatic carbocycles. The summed E-state index contributed by atoms with van der Waals surface area (Å²) < 4.78 is 5.42. The Morgan fingerprint density at radius 3 is 2.85 bits per heavy atom. The van der Waals surface area contributed by atoms with Gasteiger partial charge in [0.25, 0.3) is 5.91 Å². The molecule has 2 atom stereocenters. The van der Waals surface area contributed by atoms with Crippen molar-refractivity contribution in [1.82, 2.24) is 10.2 Å². The minimum Gasteiger partial charge on any atom is -0.392 e. The minimum atomic E-state index is -0.357. The van der Waals surface area contributed by atoms with E-state index in [1.54, 1.807) is 6.07 Å². The summed E-state index contributed by atoms with van der Waals surface area (Å²) in [5.74, 6) is 0.0761. The van der Waals surface area contributed by atoms with Gasteiger partial charge in [0, 0.05) is 49.7 Å². The highest BCUT2D eigenvalue weighted by Crippen LogP contribution is 2.49. The number of nitrogens with one attached hydrogen (secondary N) is 1. The van der Waals surface area contributed by atoms with Gasteiger partial charge in [-0.25, -0.2) is 0 Å². The van der Waals surface area contributed by atoms with Crippen LogP contribution in [0.5, 0.6) is 0 Å². The maximum Gasteiger partial charge on any atom is 0.251 e.